The Morgan fingerprint density at radius 3 is 2.30 bits per heavy atom. The average molecular weight is 320 g/mol. The van der Waals surface area contributed by atoms with Crippen LogP contribution in [0.1, 0.15) is 20.8 Å². The second kappa shape index (κ2) is 6.53. The lowest BCUT2D eigenvalue weighted by molar-refractivity contribution is -0.383. The highest BCUT2D eigenvalue weighted by molar-refractivity contribution is 5.73. The molecule has 1 aromatic carbocycles. The van der Waals surface area contributed by atoms with Crippen LogP contribution in [-0.4, -0.2) is 20.4 Å². The molecular weight excluding hydrogens is 303 g/mol. The molecule has 3 N–H and O–H groups in total. The van der Waals surface area contributed by atoms with Crippen LogP contribution in [0.5, 0.6) is 0 Å². The van der Waals surface area contributed by atoms with Gasteiger partial charge in [-0.25, -0.2) is 19.8 Å². The lowest BCUT2D eigenvalue weighted by atomic mass is 10.1. The molecule has 23 heavy (non-hydrogen) atoms. The number of hydrogen-bond acceptors (Lipinski definition) is 7. The third kappa shape index (κ3) is 4.58. The molecule has 0 aliphatic rings. The quantitative estimate of drug-likeness (QED) is 0.574. The predicted octanol–water partition coefficient (Wildman–Crippen LogP) is 2.98. The molecule has 0 radical (unpaired) electrons. The molecule has 1 heterocycles. The fourth-order valence-electron chi connectivity index (χ4n) is 1.65. The predicted molar refractivity (Wildman–Crippen MR) is 84.9 cm³/mol. The van der Waals surface area contributed by atoms with Gasteiger partial charge in [0.1, 0.15) is 12.1 Å². The number of nitro groups is 1. The maximum absolute atomic E-state index is 12.9. The second-order valence-corrected chi connectivity index (χ2v) is 5.81. The molecule has 8 nitrogen and oxygen atoms in total. The minimum absolute atomic E-state index is 0.00909. The van der Waals surface area contributed by atoms with Crippen LogP contribution in [0.3, 0.4) is 0 Å². The van der Waals surface area contributed by atoms with E-state index in [1.54, 1.807) is 0 Å². The SMILES string of the molecule is CC(C)(C)NNc1ncnc(Nc2ccc(F)cc2)c1[N+](=O)[O-]. The Balaban J connectivity index is 2.32. The minimum atomic E-state index is -0.585. The molecule has 0 fully saturated rings. The molecule has 0 atom stereocenters. The van der Waals surface area contributed by atoms with Crippen molar-refractivity contribution in [3.63, 3.8) is 0 Å². The smallest absolute Gasteiger partial charge is 0.334 e. The molecule has 0 saturated heterocycles. The summed E-state index contributed by atoms with van der Waals surface area (Å²) in [6.45, 7) is 5.68. The van der Waals surface area contributed by atoms with Crippen molar-refractivity contribution in [1.29, 1.82) is 0 Å². The Morgan fingerprint density at radius 2 is 1.74 bits per heavy atom. The van der Waals surface area contributed by atoms with Gasteiger partial charge in [0.2, 0.25) is 11.6 Å². The van der Waals surface area contributed by atoms with Gasteiger partial charge in [0.15, 0.2) is 0 Å². The first-order valence-corrected chi connectivity index (χ1v) is 6.81. The number of nitrogens with zero attached hydrogens (tertiary/aromatic N) is 3. The number of rotatable bonds is 5. The minimum Gasteiger partial charge on any atom is -0.334 e. The second-order valence-electron chi connectivity index (χ2n) is 5.81. The van der Waals surface area contributed by atoms with Crippen molar-refractivity contribution in [2.75, 3.05) is 10.7 Å². The van der Waals surface area contributed by atoms with E-state index in [9.17, 15) is 14.5 Å². The maximum Gasteiger partial charge on any atom is 0.354 e. The van der Waals surface area contributed by atoms with Crippen molar-refractivity contribution in [1.82, 2.24) is 15.4 Å². The Morgan fingerprint density at radius 1 is 1.13 bits per heavy atom. The van der Waals surface area contributed by atoms with Crippen LogP contribution in [0.15, 0.2) is 30.6 Å². The summed E-state index contributed by atoms with van der Waals surface area (Å²) >= 11 is 0. The van der Waals surface area contributed by atoms with Gasteiger partial charge in [-0.05, 0) is 45.0 Å². The van der Waals surface area contributed by atoms with E-state index in [1.165, 1.54) is 30.6 Å². The first-order chi connectivity index (χ1) is 10.8. The number of halogens is 1. The van der Waals surface area contributed by atoms with Crippen LogP contribution in [0.4, 0.5) is 27.4 Å². The van der Waals surface area contributed by atoms with Crippen LogP contribution in [0, 0.1) is 15.9 Å². The van der Waals surface area contributed by atoms with E-state index in [2.05, 4.69) is 26.1 Å². The summed E-state index contributed by atoms with van der Waals surface area (Å²) in [5.74, 6) is -0.358. The van der Waals surface area contributed by atoms with Gasteiger partial charge in [-0.3, -0.25) is 15.5 Å². The number of anilines is 3. The summed E-state index contributed by atoms with van der Waals surface area (Å²) in [5.41, 5.74) is 5.48. The number of aromatic nitrogens is 2. The zero-order chi connectivity index (χ0) is 17.0. The van der Waals surface area contributed by atoms with Gasteiger partial charge in [0.25, 0.3) is 0 Å². The Kier molecular flexibility index (Phi) is 4.70. The van der Waals surface area contributed by atoms with Crippen molar-refractivity contribution in [3.05, 3.63) is 46.5 Å². The zero-order valence-corrected chi connectivity index (χ0v) is 12.9. The van der Waals surface area contributed by atoms with E-state index in [0.717, 1.165) is 0 Å². The fourth-order valence-corrected chi connectivity index (χ4v) is 1.65. The standard InChI is InChI=1S/C14H17FN6O2/c1-14(2,3)20-19-13-11(21(22)23)12(16-8-17-13)18-10-6-4-9(15)5-7-10/h4-8,20H,1-3H3,(H2,16,17,18,19). The summed E-state index contributed by atoms with van der Waals surface area (Å²) in [6.07, 6.45) is 1.20. The van der Waals surface area contributed by atoms with E-state index in [0.29, 0.717) is 5.69 Å². The third-order valence-corrected chi connectivity index (χ3v) is 2.67. The van der Waals surface area contributed by atoms with Gasteiger partial charge in [0.05, 0.1) is 4.92 Å². The van der Waals surface area contributed by atoms with Crippen molar-refractivity contribution < 1.29 is 9.31 Å². The zero-order valence-electron chi connectivity index (χ0n) is 12.9. The summed E-state index contributed by atoms with van der Waals surface area (Å²) in [7, 11) is 0. The molecular formula is C14H17FN6O2. The molecule has 9 heteroatoms. The van der Waals surface area contributed by atoms with Gasteiger partial charge in [-0.2, -0.15) is 0 Å². The highest BCUT2D eigenvalue weighted by Crippen LogP contribution is 2.30. The summed E-state index contributed by atoms with van der Waals surface area (Å²) in [6, 6.07) is 5.41. The Labute approximate surface area is 132 Å². The summed E-state index contributed by atoms with van der Waals surface area (Å²) in [5, 5.41) is 14.2. The van der Waals surface area contributed by atoms with Crippen LogP contribution < -0.4 is 16.2 Å². The maximum atomic E-state index is 12.9. The molecule has 2 aromatic rings. The lowest BCUT2D eigenvalue weighted by Gasteiger charge is -2.21. The third-order valence-electron chi connectivity index (χ3n) is 2.67. The van der Waals surface area contributed by atoms with Gasteiger partial charge in [0, 0.05) is 11.2 Å². The average Bonchev–Trinajstić information content (AvgIpc) is 2.46. The fraction of sp³-hybridized carbons (Fsp3) is 0.286. The van der Waals surface area contributed by atoms with E-state index >= 15 is 0 Å². The van der Waals surface area contributed by atoms with E-state index in [4.69, 9.17) is 0 Å². The number of benzene rings is 1. The Bertz CT molecular complexity index is 699. The van der Waals surface area contributed by atoms with Crippen molar-refractivity contribution in [2.24, 2.45) is 0 Å². The molecule has 2 rings (SSSR count). The lowest BCUT2D eigenvalue weighted by Crippen LogP contribution is -2.40. The monoisotopic (exact) mass is 320 g/mol. The van der Waals surface area contributed by atoms with Crippen molar-refractivity contribution in [3.8, 4) is 0 Å². The van der Waals surface area contributed by atoms with Gasteiger partial charge < -0.3 is 5.32 Å². The first-order valence-electron chi connectivity index (χ1n) is 6.81. The largest absolute Gasteiger partial charge is 0.354 e. The van der Waals surface area contributed by atoms with Crippen LogP contribution in [-0.2, 0) is 0 Å². The molecule has 0 bridgehead atoms. The molecule has 0 aliphatic heterocycles. The molecule has 0 saturated carbocycles. The van der Waals surface area contributed by atoms with E-state index < -0.39 is 10.7 Å². The molecule has 0 spiro atoms. The number of hydrogen-bond donors (Lipinski definition) is 3. The normalized spacial score (nSPS) is 11.1. The molecule has 1 aromatic heterocycles. The van der Waals surface area contributed by atoms with Crippen LogP contribution in [0.25, 0.3) is 0 Å². The Hall–Kier alpha value is -2.81. The van der Waals surface area contributed by atoms with Crippen molar-refractivity contribution in [2.45, 2.75) is 26.3 Å². The first kappa shape index (κ1) is 16.6. The summed E-state index contributed by atoms with van der Waals surface area (Å²) < 4.78 is 12.9. The molecule has 0 amide bonds. The molecule has 0 aliphatic carbocycles. The summed E-state index contributed by atoms with van der Waals surface area (Å²) in [4.78, 5) is 18.6. The highest BCUT2D eigenvalue weighted by Gasteiger charge is 2.24. The van der Waals surface area contributed by atoms with Gasteiger partial charge >= 0.3 is 5.69 Å². The molecule has 0 unspecified atom stereocenters. The number of hydrazine groups is 1. The van der Waals surface area contributed by atoms with E-state index in [-0.39, 0.29) is 22.9 Å². The van der Waals surface area contributed by atoms with Crippen LogP contribution >= 0.6 is 0 Å². The van der Waals surface area contributed by atoms with E-state index in [1.807, 2.05) is 20.8 Å². The molecule has 122 valence electrons. The topological polar surface area (TPSA) is 105 Å². The van der Waals surface area contributed by atoms with Crippen LogP contribution in [0.2, 0.25) is 0 Å². The van der Waals surface area contributed by atoms with Gasteiger partial charge in [-0.1, -0.05) is 0 Å². The number of nitrogens with one attached hydrogen (secondary N) is 3. The highest BCUT2D eigenvalue weighted by atomic mass is 19.1. The van der Waals surface area contributed by atoms with Gasteiger partial charge in [-0.15, -0.1) is 0 Å². The van der Waals surface area contributed by atoms with Crippen molar-refractivity contribution >= 4 is 23.0 Å².